The van der Waals surface area contributed by atoms with Crippen LogP contribution in [0.5, 0.6) is 0 Å². The quantitative estimate of drug-likeness (QED) is 0.793. The average molecular weight is 337 g/mol. The summed E-state index contributed by atoms with van der Waals surface area (Å²) in [5.41, 5.74) is 1.06. The van der Waals surface area contributed by atoms with E-state index >= 15 is 0 Å². The van der Waals surface area contributed by atoms with Crippen molar-refractivity contribution < 1.29 is 13.2 Å². The molecule has 124 valence electrons. The maximum absolute atomic E-state index is 12.7. The summed E-state index contributed by atoms with van der Waals surface area (Å²) in [5, 5.41) is 0. The molecule has 23 heavy (non-hydrogen) atoms. The normalized spacial score (nSPS) is 24.4. The summed E-state index contributed by atoms with van der Waals surface area (Å²) < 4.78 is 35.8. The van der Waals surface area contributed by atoms with Gasteiger partial charge in [-0.25, -0.2) is 9.97 Å². The Hall–Kier alpha value is -1.55. The monoisotopic (exact) mass is 337 g/mol. The summed E-state index contributed by atoms with van der Waals surface area (Å²) in [6, 6.07) is 1.95. The topological polar surface area (TPSA) is 80.0 Å². The minimum atomic E-state index is -3.40. The summed E-state index contributed by atoms with van der Waals surface area (Å²) in [6.07, 6.45) is 6.12. The zero-order valence-corrected chi connectivity index (χ0v) is 13.5. The lowest BCUT2D eigenvalue weighted by Gasteiger charge is -2.30. The third kappa shape index (κ3) is 2.63. The number of hydrogen-bond acceptors (Lipinski definition) is 5. The molecule has 2 saturated heterocycles. The van der Waals surface area contributed by atoms with Gasteiger partial charge in [0.2, 0.25) is 5.78 Å². The van der Waals surface area contributed by atoms with Crippen molar-refractivity contribution in [1.29, 1.82) is 0 Å². The van der Waals surface area contributed by atoms with Gasteiger partial charge in [-0.1, -0.05) is 0 Å². The Morgan fingerprint density at radius 3 is 2.70 bits per heavy atom. The maximum atomic E-state index is 12.7. The average Bonchev–Trinajstić information content (AvgIpc) is 3.25. The highest BCUT2D eigenvalue weighted by atomic mass is 32.2. The summed E-state index contributed by atoms with van der Waals surface area (Å²) in [5.74, 6) is 0.808. The Bertz CT molecular complexity index is 800. The summed E-state index contributed by atoms with van der Waals surface area (Å²) in [6.45, 7) is 2.85. The molecule has 2 fully saturated rings. The predicted octanol–water partition coefficient (Wildman–Crippen LogP) is 0.0956. The van der Waals surface area contributed by atoms with E-state index in [1.165, 1.54) is 4.31 Å². The first-order valence-corrected chi connectivity index (χ1v) is 9.17. The van der Waals surface area contributed by atoms with E-state index in [0.717, 1.165) is 12.1 Å². The number of hydrogen-bond donors (Lipinski definition) is 0. The number of fused-ring (bicyclic) bond motifs is 1. The predicted molar refractivity (Wildman–Crippen MR) is 83.2 cm³/mol. The van der Waals surface area contributed by atoms with Gasteiger partial charge in [0.15, 0.2) is 0 Å². The fourth-order valence-corrected chi connectivity index (χ4v) is 4.95. The third-order valence-corrected chi connectivity index (χ3v) is 6.53. The zero-order valence-electron chi connectivity index (χ0n) is 12.7. The summed E-state index contributed by atoms with van der Waals surface area (Å²) >= 11 is 0. The highest BCUT2D eigenvalue weighted by Gasteiger charge is 2.37. The summed E-state index contributed by atoms with van der Waals surface area (Å²) in [4.78, 5) is 8.40. The van der Waals surface area contributed by atoms with Crippen LogP contribution in [0.4, 0.5) is 0 Å². The van der Waals surface area contributed by atoms with Crippen molar-refractivity contribution in [2.45, 2.75) is 12.3 Å². The second-order valence-electron chi connectivity index (χ2n) is 5.83. The van der Waals surface area contributed by atoms with E-state index in [9.17, 15) is 8.42 Å². The Labute approximate surface area is 134 Å². The maximum Gasteiger partial charge on any atom is 0.282 e. The van der Waals surface area contributed by atoms with Crippen LogP contribution in [-0.2, 0) is 14.9 Å². The van der Waals surface area contributed by atoms with Gasteiger partial charge < -0.3 is 4.74 Å². The van der Waals surface area contributed by atoms with Gasteiger partial charge in [-0.3, -0.25) is 4.40 Å². The van der Waals surface area contributed by atoms with Crippen molar-refractivity contribution in [3.63, 3.8) is 0 Å². The molecule has 8 nitrogen and oxygen atoms in total. The van der Waals surface area contributed by atoms with Gasteiger partial charge in [0.05, 0.1) is 13.2 Å². The molecule has 2 aromatic rings. The highest BCUT2D eigenvalue weighted by Crippen LogP contribution is 2.30. The molecule has 0 N–H and O–H groups in total. The molecule has 9 heteroatoms. The van der Waals surface area contributed by atoms with E-state index in [1.54, 1.807) is 16.7 Å². The molecule has 0 unspecified atom stereocenters. The molecular weight excluding hydrogens is 318 g/mol. The van der Waals surface area contributed by atoms with E-state index < -0.39 is 10.2 Å². The zero-order chi connectivity index (χ0) is 15.9. The first-order chi connectivity index (χ1) is 11.2. The van der Waals surface area contributed by atoms with Crippen molar-refractivity contribution in [3.05, 3.63) is 30.4 Å². The van der Waals surface area contributed by atoms with E-state index in [-0.39, 0.29) is 5.92 Å². The first-order valence-electron chi connectivity index (χ1n) is 7.77. The molecule has 4 rings (SSSR count). The van der Waals surface area contributed by atoms with Crippen LogP contribution in [-0.4, -0.2) is 70.8 Å². The Kier molecular flexibility index (Phi) is 3.80. The van der Waals surface area contributed by atoms with Gasteiger partial charge in [-0.05, 0) is 12.5 Å². The van der Waals surface area contributed by atoms with Gasteiger partial charge in [0.1, 0.15) is 0 Å². The SMILES string of the molecule is O=S(=O)(N1CCOCC1)N1CC[C@H](c2ccnc3nccn23)C1. The van der Waals surface area contributed by atoms with Crippen molar-refractivity contribution in [3.8, 4) is 0 Å². The number of nitrogens with zero attached hydrogens (tertiary/aromatic N) is 5. The molecule has 0 aromatic carbocycles. The molecule has 2 aliphatic heterocycles. The van der Waals surface area contributed by atoms with Gasteiger partial charge >= 0.3 is 0 Å². The molecule has 0 bridgehead atoms. The third-order valence-electron chi connectivity index (χ3n) is 4.53. The minimum absolute atomic E-state index is 0.158. The molecule has 0 amide bonds. The van der Waals surface area contributed by atoms with E-state index in [0.29, 0.717) is 45.2 Å². The number of morpholine rings is 1. The van der Waals surface area contributed by atoms with Crippen LogP contribution in [0.15, 0.2) is 24.7 Å². The largest absolute Gasteiger partial charge is 0.379 e. The smallest absolute Gasteiger partial charge is 0.282 e. The highest BCUT2D eigenvalue weighted by molar-refractivity contribution is 7.86. The van der Waals surface area contributed by atoms with E-state index in [2.05, 4.69) is 9.97 Å². The lowest BCUT2D eigenvalue weighted by Crippen LogP contribution is -2.47. The van der Waals surface area contributed by atoms with Crippen LogP contribution in [0.25, 0.3) is 5.78 Å². The molecule has 4 heterocycles. The number of ether oxygens (including phenoxy) is 1. The summed E-state index contributed by atoms with van der Waals surface area (Å²) in [7, 11) is -3.40. The van der Waals surface area contributed by atoms with Gasteiger partial charge in [0, 0.05) is 56.4 Å². The molecule has 0 radical (unpaired) electrons. The van der Waals surface area contributed by atoms with Crippen LogP contribution in [0.3, 0.4) is 0 Å². The number of rotatable bonds is 3. The second kappa shape index (κ2) is 5.82. The molecule has 2 aromatic heterocycles. The molecular formula is C14H19N5O3S. The van der Waals surface area contributed by atoms with E-state index in [4.69, 9.17) is 4.74 Å². The second-order valence-corrected chi connectivity index (χ2v) is 7.76. The first kappa shape index (κ1) is 15.0. The fraction of sp³-hybridized carbons (Fsp3) is 0.571. The Balaban J connectivity index is 1.56. The lowest BCUT2D eigenvalue weighted by molar-refractivity contribution is 0.0705. The van der Waals surface area contributed by atoms with Crippen LogP contribution in [0, 0.1) is 0 Å². The molecule has 0 aliphatic carbocycles. The Morgan fingerprint density at radius 1 is 1.09 bits per heavy atom. The standard InChI is InChI=1S/C14H19N5O3S/c20-23(21,17-7-9-22-10-8-17)18-5-2-12(11-18)13-1-3-15-14-16-4-6-19(13)14/h1,3-4,6,12H,2,5,7-11H2/t12-/m0/s1. The number of imidazole rings is 1. The van der Waals surface area contributed by atoms with Crippen molar-refractivity contribution in [2.24, 2.45) is 0 Å². The van der Waals surface area contributed by atoms with Crippen LogP contribution >= 0.6 is 0 Å². The fourth-order valence-electron chi connectivity index (χ4n) is 3.31. The van der Waals surface area contributed by atoms with Crippen molar-refractivity contribution >= 4 is 16.0 Å². The Morgan fingerprint density at radius 2 is 1.87 bits per heavy atom. The van der Waals surface area contributed by atoms with Crippen molar-refractivity contribution in [2.75, 3.05) is 39.4 Å². The molecule has 2 aliphatic rings. The van der Waals surface area contributed by atoms with E-state index in [1.807, 2.05) is 16.7 Å². The van der Waals surface area contributed by atoms with Gasteiger partial charge in [0.25, 0.3) is 10.2 Å². The van der Waals surface area contributed by atoms with Crippen LogP contribution < -0.4 is 0 Å². The molecule has 0 spiro atoms. The van der Waals surface area contributed by atoms with Crippen LogP contribution in [0.1, 0.15) is 18.0 Å². The minimum Gasteiger partial charge on any atom is -0.379 e. The number of aromatic nitrogens is 3. The lowest BCUT2D eigenvalue weighted by atomic mass is 10.0. The van der Waals surface area contributed by atoms with Crippen molar-refractivity contribution in [1.82, 2.24) is 23.0 Å². The van der Waals surface area contributed by atoms with Crippen LogP contribution in [0.2, 0.25) is 0 Å². The molecule has 1 atom stereocenters. The van der Waals surface area contributed by atoms with Gasteiger partial charge in [-0.15, -0.1) is 0 Å². The van der Waals surface area contributed by atoms with Gasteiger partial charge in [-0.2, -0.15) is 17.0 Å². The molecule has 0 saturated carbocycles.